The van der Waals surface area contributed by atoms with Crippen LogP contribution in [-0.2, 0) is 9.53 Å². The Labute approximate surface area is 102 Å². The van der Waals surface area contributed by atoms with Gasteiger partial charge < -0.3 is 4.74 Å². The number of ether oxygens (including phenoxy) is 1. The zero-order valence-electron chi connectivity index (χ0n) is 10.1. The van der Waals surface area contributed by atoms with E-state index in [1.54, 1.807) is 6.08 Å². The Morgan fingerprint density at radius 1 is 1.35 bits per heavy atom. The monoisotopic (exact) mass is 231 g/mol. The van der Waals surface area contributed by atoms with Gasteiger partial charge in [-0.2, -0.15) is 4.99 Å². The summed E-state index contributed by atoms with van der Waals surface area (Å²) in [6.07, 6.45) is 3.65. The third-order valence-corrected chi connectivity index (χ3v) is 3.41. The Morgan fingerprint density at radius 2 is 2.06 bits per heavy atom. The molecule has 1 atom stereocenters. The van der Waals surface area contributed by atoms with Gasteiger partial charge in [-0.3, -0.25) is 0 Å². The number of isocyanates is 1. The molecule has 17 heavy (non-hydrogen) atoms. The van der Waals surface area contributed by atoms with Crippen LogP contribution in [0, 0.1) is 12.8 Å². The van der Waals surface area contributed by atoms with E-state index in [1.165, 1.54) is 5.56 Å². The zero-order chi connectivity index (χ0) is 12.1. The van der Waals surface area contributed by atoms with Crippen LogP contribution < -0.4 is 0 Å². The largest absolute Gasteiger partial charge is 0.381 e. The quantitative estimate of drug-likeness (QED) is 0.592. The highest BCUT2D eigenvalue weighted by atomic mass is 16.5. The van der Waals surface area contributed by atoms with Crippen molar-refractivity contribution >= 4 is 6.08 Å². The molecule has 3 heteroatoms. The molecule has 3 nitrogen and oxygen atoms in total. The SMILES string of the molecule is Cc1ccccc1C(N=C=O)C1CCOCC1. The van der Waals surface area contributed by atoms with Crippen molar-refractivity contribution in [2.75, 3.05) is 13.2 Å². The molecule has 1 unspecified atom stereocenters. The molecule has 1 aliphatic rings. The Hall–Kier alpha value is -1.44. The highest BCUT2D eigenvalue weighted by Crippen LogP contribution is 2.34. The van der Waals surface area contributed by atoms with Gasteiger partial charge >= 0.3 is 0 Å². The molecule has 0 aliphatic carbocycles. The van der Waals surface area contributed by atoms with Gasteiger partial charge in [0, 0.05) is 13.2 Å². The van der Waals surface area contributed by atoms with Crippen LogP contribution in [-0.4, -0.2) is 19.3 Å². The van der Waals surface area contributed by atoms with E-state index in [-0.39, 0.29) is 6.04 Å². The normalized spacial score (nSPS) is 18.4. The Bertz CT molecular complexity index is 418. The Morgan fingerprint density at radius 3 is 2.71 bits per heavy atom. The smallest absolute Gasteiger partial charge is 0.235 e. The number of hydrogen-bond acceptors (Lipinski definition) is 3. The summed E-state index contributed by atoms with van der Waals surface area (Å²) in [6, 6.07) is 8.05. The zero-order valence-corrected chi connectivity index (χ0v) is 10.1. The number of benzene rings is 1. The lowest BCUT2D eigenvalue weighted by molar-refractivity contribution is 0.0586. The van der Waals surface area contributed by atoms with E-state index in [4.69, 9.17) is 4.74 Å². The molecular formula is C14H17NO2. The van der Waals surface area contributed by atoms with E-state index in [0.717, 1.165) is 31.6 Å². The summed E-state index contributed by atoms with van der Waals surface area (Å²) in [5, 5.41) is 0. The van der Waals surface area contributed by atoms with E-state index in [1.807, 2.05) is 12.1 Å². The van der Waals surface area contributed by atoms with Crippen LogP contribution in [0.3, 0.4) is 0 Å². The van der Waals surface area contributed by atoms with Crippen molar-refractivity contribution in [1.82, 2.24) is 0 Å². The minimum absolute atomic E-state index is 0.0578. The molecule has 0 N–H and O–H groups in total. The number of rotatable bonds is 3. The van der Waals surface area contributed by atoms with Crippen molar-refractivity contribution in [3.05, 3.63) is 35.4 Å². The van der Waals surface area contributed by atoms with Gasteiger partial charge in [0.1, 0.15) is 0 Å². The van der Waals surface area contributed by atoms with Crippen LogP contribution >= 0.6 is 0 Å². The summed E-state index contributed by atoms with van der Waals surface area (Å²) in [7, 11) is 0. The lowest BCUT2D eigenvalue weighted by Crippen LogP contribution is -2.21. The highest BCUT2D eigenvalue weighted by Gasteiger charge is 2.26. The fourth-order valence-corrected chi connectivity index (χ4v) is 2.44. The molecule has 1 fully saturated rings. The summed E-state index contributed by atoms with van der Waals surface area (Å²) >= 11 is 0. The van der Waals surface area contributed by atoms with E-state index in [2.05, 4.69) is 24.0 Å². The molecule has 0 bridgehead atoms. The standard InChI is InChI=1S/C14H17NO2/c1-11-4-2-3-5-13(11)14(15-10-16)12-6-8-17-9-7-12/h2-5,12,14H,6-9H2,1H3. The fourth-order valence-electron chi connectivity index (χ4n) is 2.44. The molecule has 0 amide bonds. The summed E-state index contributed by atoms with van der Waals surface area (Å²) in [5.74, 6) is 0.395. The summed E-state index contributed by atoms with van der Waals surface area (Å²) in [4.78, 5) is 14.6. The lowest BCUT2D eigenvalue weighted by Gasteiger charge is -2.27. The van der Waals surface area contributed by atoms with Gasteiger partial charge in [-0.05, 0) is 36.8 Å². The van der Waals surface area contributed by atoms with Crippen LogP contribution in [0.15, 0.2) is 29.3 Å². The van der Waals surface area contributed by atoms with Gasteiger partial charge in [-0.25, -0.2) is 4.79 Å². The molecule has 1 aromatic carbocycles. The number of hydrogen-bond donors (Lipinski definition) is 0. The molecule has 0 radical (unpaired) electrons. The van der Waals surface area contributed by atoms with Crippen molar-refractivity contribution in [1.29, 1.82) is 0 Å². The topological polar surface area (TPSA) is 38.7 Å². The number of nitrogens with zero attached hydrogens (tertiary/aromatic N) is 1. The molecule has 1 heterocycles. The summed E-state index contributed by atoms with van der Waals surface area (Å²) in [6.45, 7) is 3.59. The first kappa shape index (κ1) is 12.0. The third kappa shape index (κ3) is 2.82. The molecular weight excluding hydrogens is 214 g/mol. The Balaban J connectivity index is 2.28. The molecule has 0 spiro atoms. The van der Waals surface area contributed by atoms with Crippen molar-refractivity contribution in [2.24, 2.45) is 10.9 Å². The van der Waals surface area contributed by atoms with E-state index in [0.29, 0.717) is 5.92 Å². The first-order chi connectivity index (χ1) is 8.33. The van der Waals surface area contributed by atoms with Crippen LogP contribution in [0.25, 0.3) is 0 Å². The van der Waals surface area contributed by atoms with Gasteiger partial charge in [0.05, 0.1) is 6.04 Å². The van der Waals surface area contributed by atoms with Crippen LogP contribution in [0.2, 0.25) is 0 Å². The van der Waals surface area contributed by atoms with Crippen LogP contribution in [0.5, 0.6) is 0 Å². The third-order valence-electron chi connectivity index (χ3n) is 3.41. The predicted octanol–water partition coefficient (Wildman–Crippen LogP) is 2.80. The van der Waals surface area contributed by atoms with Gasteiger partial charge in [-0.1, -0.05) is 24.3 Å². The van der Waals surface area contributed by atoms with Crippen LogP contribution in [0.4, 0.5) is 0 Å². The average molecular weight is 231 g/mol. The minimum Gasteiger partial charge on any atom is -0.381 e. The minimum atomic E-state index is -0.0578. The maximum atomic E-state index is 10.6. The maximum Gasteiger partial charge on any atom is 0.235 e. The molecule has 1 saturated heterocycles. The first-order valence-electron chi connectivity index (χ1n) is 6.03. The average Bonchev–Trinajstić information content (AvgIpc) is 2.38. The van der Waals surface area contributed by atoms with Crippen molar-refractivity contribution in [3.8, 4) is 0 Å². The molecule has 1 aromatic rings. The highest BCUT2D eigenvalue weighted by molar-refractivity contribution is 5.37. The Kier molecular flexibility index (Phi) is 4.08. The van der Waals surface area contributed by atoms with Crippen molar-refractivity contribution in [3.63, 3.8) is 0 Å². The van der Waals surface area contributed by atoms with E-state index >= 15 is 0 Å². The lowest BCUT2D eigenvalue weighted by atomic mass is 9.86. The predicted molar refractivity (Wildman–Crippen MR) is 65.6 cm³/mol. The molecule has 1 aliphatic heterocycles. The fraction of sp³-hybridized carbons (Fsp3) is 0.500. The number of carbonyl (C=O) groups excluding carboxylic acids is 1. The molecule has 2 rings (SSSR count). The van der Waals surface area contributed by atoms with Crippen molar-refractivity contribution < 1.29 is 9.53 Å². The number of aliphatic imine (C=N–C) groups is 1. The van der Waals surface area contributed by atoms with Gasteiger partial charge in [-0.15, -0.1) is 0 Å². The van der Waals surface area contributed by atoms with Gasteiger partial charge in [0.15, 0.2) is 0 Å². The maximum absolute atomic E-state index is 10.6. The second kappa shape index (κ2) is 5.76. The second-order valence-electron chi connectivity index (χ2n) is 4.47. The van der Waals surface area contributed by atoms with Crippen molar-refractivity contribution in [2.45, 2.75) is 25.8 Å². The van der Waals surface area contributed by atoms with Gasteiger partial charge in [0.2, 0.25) is 6.08 Å². The first-order valence-corrected chi connectivity index (χ1v) is 6.03. The summed E-state index contributed by atoms with van der Waals surface area (Å²) in [5.41, 5.74) is 2.32. The molecule has 90 valence electrons. The summed E-state index contributed by atoms with van der Waals surface area (Å²) < 4.78 is 5.35. The molecule has 0 saturated carbocycles. The van der Waals surface area contributed by atoms with Gasteiger partial charge in [0.25, 0.3) is 0 Å². The van der Waals surface area contributed by atoms with Crippen LogP contribution in [0.1, 0.15) is 30.0 Å². The van der Waals surface area contributed by atoms with E-state index in [9.17, 15) is 4.79 Å². The second-order valence-corrected chi connectivity index (χ2v) is 4.47. The van der Waals surface area contributed by atoms with E-state index < -0.39 is 0 Å². The number of aryl methyl sites for hydroxylation is 1. The molecule has 0 aromatic heterocycles.